The van der Waals surface area contributed by atoms with E-state index in [0.717, 1.165) is 28.0 Å². The smallest absolute Gasteiger partial charge is 0.0685 e. The number of hydrogen-bond acceptors (Lipinski definition) is 2. The number of rotatable bonds is 3. The van der Waals surface area contributed by atoms with Crippen molar-refractivity contribution in [2.45, 2.75) is 58.9 Å². The van der Waals surface area contributed by atoms with Crippen LogP contribution >= 0.6 is 11.6 Å². The Balaban J connectivity index is 1.84. The predicted molar refractivity (Wildman–Crippen MR) is 117 cm³/mol. The van der Waals surface area contributed by atoms with Crippen molar-refractivity contribution in [2.24, 2.45) is 0 Å². The number of aromatic nitrogens is 4. The molecule has 0 aliphatic heterocycles. The Morgan fingerprint density at radius 3 is 2.43 bits per heavy atom. The Kier molecular flexibility index (Phi) is 4.31. The van der Waals surface area contributed by atoms with Gasteiger partial charge in [0.2, 0.25) is 0 Å². The lowest BCUT2D eigenvalue weighted by atomic mass is 9.81. The zero-order valence-electron chi connectivity index (χ0n) is 17.4. The molecule has 0 bridgehead atoms. The lowest BCUT2D eigenvalue weighted by molar-refractivity contribution is 0.419. The third kappa shape index (κ3) is 3.00. The van der Waals surface area contributed by atoms with Crippen molar-refractivity contribution in [1.29, 1.82) is 0 Å². The number of nitrogens with zero attached hydrogens (tertiary/aromatic N) is 3. The number of aryl methyl sites for hydroxylation is 1. The molecule has 0 aliphatic carbocycles. The van der Waals surface area contributed by atoms with Crippen LogP contribution in [0.5, 0.6) is 0 Å². The Hall–Kier alpha value is -2.33. The van der Waals surface area contributed by atoms with Crippen LogP contribution in [0.4, 0.5) is 0 Å². The topological polar surface area (TPSA) is 46.5 Å². The standard InChI is InChI=1S/C23H27ClN4/c1-14-7-10-19-16(20(14)22(2,3)4)12-26-28(19)13-23(5,6)21-15-11-25-27-18(15)9-8-17(21)24/h7-12H,13H2,1-6H3,(H,25,27). The Morgan fingerprint density at radius 1 is 0.964 bits per heavy atom. The summed E-state index contributed by atoms with van der Waals surface area (Å²) >= 11 is 6.64. The zero-order valence-corrected chi connectivity index (χ0v) is 18.1. The monoisotopic (exact) mass is 394 g/mol. The van der Waals surface area contributed by atoms with E-state index < -0.39 is 0 Å². The maximum atomic E-state index is 6.64. The third-order valence-electron chi connectivity index (χ3n) is 5.58. The summed E-state index contributed by atoms with van der Waals surface area (Å²) in [5, 5.41) is 15.1. The molecular formula is C23H27ClN4. The molecule has 5 heteroatoms. The molecule has 0 spiro atoms. The fraction of sp³-hybridized carbons (Fsp3) is 0.391. The van der Waals surface area contributed by atoms with Gasteiger partial charge < -0.3 is 0 Å². The number of halogens is 1. The van der Waals surface area contributed by atoms with E-state index in [1.807, 2.05) is 24.5 Å². The number of hydrogen-bond donors (Lipinski definition) is 1. The summed E-state index contributed by atoms with van der Waals surface area (Å²) in [6.07, 6.45) is 3.87. The minimum Gasteiger partial charge on any atom is -0.278 e. The first-order chi connectivity index (χ1) is 13.1. The summed E-state index contributed by atoms with van der Waals surface area (Å²) in [5.41, 5.74) is 5.80. The Bertz CT molecular complexity index is 1170. The number of aromatic amines is 1. The highest BCUT2D eigenvalue weighted by Gasteiger charge is 2.29. The van der Waals surface area contributed by atoms with Crippen LogP contribution in [0.1, 0.15) is 51.3 Å². The molecule has 4 nitrogen and oxygen atoms in total. The maximum absolute atomic E-state index is 6.64. The lowest BCUT2D eigenvalue weighted by Crippen LogP contribution is -2.26. The number of benzene rings is 2. The molecule has 1 N–H and O–H groups in total. The second-order valence-electron chi connectivity index (χ2n) is 9.38. The fourth-order valence-corrected chi connectivity index (χ4v) is 4.94. The van der Waals surface area contributed by atoms with Gasteiger partial charge in [0.25, 0.3) is 0 Å². The van der Waals surface area contributed by atoms with E-state index in [2.05, 4.69) is 68.6 Å². The van der Waals surface area contributed by atoms with E-state index in [1.54, 1.807) is 0 Å². The zero-order chi connectivity index (χ0) is 20.3. The minimum absolute atomic E-state index is 0.0681. The third-order valence-corrected chi connectivity index (χ3v) is 5.90. The SMILES string of the molecule is Cc1ccc2c(cnn2CC(C)(C)c2c(Cl)ccc3[nH]ncc23)c1C(C)(C)C. The predicted octanol–water partition coefficient (Wildman–Crippen LogP) is 6.15. The summed E-state index contributed by atoms with van der Waals surface area (Å²) in [5.74, 6) is 0. The molecule has 4 aromatic rings. The van der Waals surface area contributed by atoms with Gasteiger partial charge in [0.05, 0.1) is 30.0 Å². The number of nitrogens with one attached hydrogen (secondary N) is 1. The molecule has 0 unspecified atom stereocenters. The molecule has 0 aliphatic rings. The minimum atomic E-state index is -0.216. The van der Waals surface area contributed by atoms with Crippen LogP contribution in [0.3, 0.4) is 0 Å². The highest BCUT2D eigenvalue weighted by Crippen LogP contribution is 2.38. The molecule has 2 aromatic heterocycles. The van der Waals surface area contributed by atoms with Gasteiger partial charge in [-0.25, -0.2) is 0 Å². The van der Waals surface area contributed by atoms with Crippen molar-refractivity contribution in [1.82, 2.24) is 20.0 Å². The van der Waals surface area contributed by atoms with Gasteiger partial charge in [-0.1, -0.05) is 52.3 Å². The van der Waals surface area contributed by atoms with Gasteiger partial charge in [-0.15, -0.1) is 0 Å². The molecule has 0 amide bonds. The van der Waals surface area contributed by atoms with Gasteiger partial charge in [0.15, 0.2) is 0 Å². The van der Waals surface area contributed by atoms with Crippen LogP contribution in [0.2, 0.25) is 5.02 Å². The van der Waals surface area contributed by atoms with Crippen molar-refractivity contribution in [3.63, 3.8) is 0 Å². The normalized spacial score (nSPS) is 13.0. The quantitative estimate of drug-likeness (QED) is 0.453. The maximum Gasteiger partial charge on any atom is 0.0685 e. The molecule has 0 atom stereocenters. The van der Waals surface area contributed by atoms with E-state index in [-0.39, 0.29) is 10.8 Å². The lowest BCUT2D eigenvalue weighted by Gasteiger charge is -2.28. The number of fused-ring (bicyclic) bond motifs is 2. The largest absolute Gasteiger partial charge is 0.278 e. The van der Waals surface area contributed by atoms with E-state index in [0.29, 0.717) is 0 Å². The molecule has 0 radical (unpaired) electrons. The number of H-pyrrole nitrogens is 1. The summed E-state index contributed by atoms with van der Waals surface area (Å²) in [4.78, 5) is 0. The van der Waals surface area contributed by atoms with Gasteiger partial charge in [-0.3, -0.25) is 9.78 Å². The molecule has 0 saturated carbocycles. The second-order valence-corrected chi connectivity index (χ2v) is 9.79. The van der Waals surface area contributed by atoms with E-state index in [1.165, 1.54) is 22.0 Å². The van der Waals surface area contributed by atoms with Gasteiger partial charge in [0, 0.05) is 21.2 Å². The van der Waals surface area contributed by atoms with Gasteiger partial charge in [-0.05, 0) is 47.2 Å². The van der Waals surface area contributed by atoms with Crippen molar-refractivity contribution >= 4 is 33.4 Å². The first kappa shape index (κ1) is 19.0. The molecular weight excluding hydrogens is 368 g/mol. The van der Waals surface area contributed by atoms with Crippen LogP contribution in [-0.2, 0) is 17.4 Å². The Morgan fingerprint density at radius 2 is 1.71 bits per heavy atom. The van der Waals surface area contributed by atoms with Crippen LogP contribution < -0.4 is 0 Å². The molecule has 0 saturated heterocycles. The van der Waals surface area contributed by atoms with Gasteiger partial charge in [-0.2, -0.15) is 10.2 Å². The molecule has 28 heavy (non-hydrogen) atoms. The van der Waals surface area contributed by atoms with Crippen LogP contribution in [-0.4, -0.2) is 20.0 Å². The second kappa shape index (κ2) is 6.35. The summed E-state index contributed by atoms with van der Waals surface area (Å²) < 4.78 is 2.11. The molecule has 4 rings (SSSR count). The molecule has 2 aromatic carbocycles. The van der Waals surface area contributed by atoms with Crippen molar-refractivity contribution < 1.29 is 0 Å². The van der Waals surface area contributed by atoms with E-state index in [4.69, 9.17) is 16.7 Å². The molecule has 2 heterocycles. The van der Waals surface area contributed by atoms with Crippen molar-refractivity contribution in [3.8, 4) is 0 Å². The van der Waals surface area contributed by atoms with Gasteiger partial charge in [0.1, 0.15) is 0 Å². The molecule has 146 valence electrons. The van der Waals surface area contributed by atoms with E-state index in [9.17, 15) is 0 Å². The summed E-state index contributed by atoms with van der Waals surface area (Å²) in [6.45, 7) is 14.1. The van der Waals surface area contributed by atoms with E-state index >= 15 is 0 Å². The highest BCUT2D eigenvalue weighted by atomic mass is 35.5. The fourth-order valence-electron chi connectivity index (χ4n) is 4.52. The molecule has 0 fully saturated rings. The van der Waals surface area contributed by atoms with Crippen molar-refractivity contribution in [2.75, 3.05) is 0 Å². The highest BCUT2D eigenvalue weighted by molar-refractivity contribution is 6.32. The first-order valence-corrected chi connectivity index (χ1v) is 10.0. The van der Waals surface area contributed by atoms with Crippen molar-refractivity contribution in [3.05, 3.63) is 58.4 Å². The summed E-state index contributed by atoms with van der Waals surface area (Å²) in [7, 11) is 0. The van der Waals surface area contributed by atoms with Crippen LogP contribution in [0.15, 0.2) is 36.7 Å². The van der Waals surface area contributed by atoms with Gasteiger partial charge >= 0.3 is 0 Å². The van der Waals surface area contributed by atoms with Crippen LogP contribution in [0.25, 0.3) is 21.8 Å². The first-order valence-electron chi connectivity index (χ1n) is 9.67. The Labute approximate surface area is 170 Å². The van der Waals surface area contributed by atoms with Crippen LogP contribution in [0, 0.1) is 6.92 Å². The summed E-state index contributed by atoms with van der Waals surface area (Å²) in [6, 6.07) is 8.31. The average molecular weight is 395 g/mol. The average Bonchev–Trinajstić information content (AvgIpc) is 3.19.